The van der Waals surface area contributed by atoms with Gasteiger partial charge in [-0.05, 0) is 36.1 Å². The van der Waals surface area contributed by atoms with Gasteiger partial charge in [0.25, 0.3) is 0 Å². The number of benzene rings is 2. The minimum atomic E-state index is 0.0236. The number of aromatic nitrogens is 2. The summed E-state index contributed by atoms with van der Waals surface area (Å²) in [7, 11) is 1.67. The van der Waals surface area contributed by atoms with Crippen LogP contribution in [0.3, 0.4) is 0 Å². The Morgan fingerprint density at radius 2 is 1.96 bits per heavy atom. The first-order valence-corrected chi connectivity index (χ1v) is 8.76. The van der Waals surface area contributed by atoms with Gasteiger partial charge in [0.05, 0.1) is 19.0 Å². The van der Waals surface area contributed by atoms with E-state index in [0.717, 1.165) is 29.0 Å². The first-order chi connectivity index (χ1) is 12.8. The molecule has 1 saturated carbocycles. The van der Waals surface area contributed by atoms with Crippen LogP contribution in [0.4, 0.5) is 0 Å². The van der Waals surface area contributed by atoms with Crippen molar-refractivity contribution in [2.45, 2.75) is 18.9 Å². The highest BCUT2D eigenvalue weighted by atomic mass is 16.5. The Labute approximate surface area is 152 Å². The van der Waals surface area contributed by atoms with E-state index in [1.54, 1.807) is 13.3 Å². The lowest BCUT2D eigenvalue weighted by atomic mass is 10.1. The maximum absolute atomic E-state index is 12.5. The number of nitrogens with one attached hydrogen (secondary N) is 1. The summed E-state index contributed by atoms with van der Waals surface area (Å²) < 4.78 is 7.22. The normalized spacial score (nSPS) is 18.3. The Morgan fingerprint density at radius 1 is 1.19 bits per heavy atom. The number of nitrogens with zero attached hydrogens (tertiary/aromatic N) is 2. The number of ether oxygens (including phenoxy) is 1. The second-order valence-corrected chi connectivity index (χ2v) is 6.54. The largest absolute Gasteiger partial charge is 0.496 e. The molecule has 1 amide bonds. The van der Waals surface area contributed by atoms with Crippen LogP contribution in [-0.4, -0.2) is 22.8 Å². The number of amides is 1. The minimum Gasteiger partial charge on any atom is -0.496 e. The lowest BCUT2D eigenvalue weighted by molar-refractivity contribution is -0.122. The summed E-state index contributed by atoms with van der Waals surface area (Å²) in [6.07, 6.45) is 4.60. The van der Waals surface area contributed by atoms with Crippen molar-refractivity contribution in [2.24, 2.45) is 5.92 Å². The van der Waals surface area contributed by atoms with Crippen LogP contribution in [0, 0.1) is 5.92 Å². The standard InChI is InChI=1S/C21H21N3O2/c1-26-20-10-6-5-9-17(20)18-11-19(18)21(25)22-12-15-13-23-24(14-15)16-7-3-2-4-8-16/h2-10,13-14,18-19H,11-12H2,1H3,(H,22,25)/t18-,19+/m1/s1. The zero-order valence-electron chi connectivity index (χ0n) is 14.6. The average Bonchev–Trinajstić information content (AvgIpc) is 3.36. The molecule has 2 atom stereocenters. The quantitative estimate of drug-likeness (QED) is 0.744. The third-order valence-electron chi connectivity index (χ3n) is 4.79. The van der Waals surface area contributed by atoms with E-state index in [1.807, 2.05) is 65.5 Å². The Kier molecular flexibility index (Phi) is 4.44. The number of carbonyl (C=O) groups excluding carboxylic acids is 1. The van der Waals surface area contributed by atoms with Crippen molar-refractivity contribution >= 4 is 5.91 Å². The molecule has 0 aliphatic heterocycles. The van der Waals surface area contributed by atoms with Crippen LogP contribution >= 0.6 is 0 Å². The molecule has 3 aromatic rings. The average molecular weight is 347 g/mol. The second kappa shape index (κ2) is 7.04. The van der Waals surface area contributed by atoms with Gasteiger partial charge in [-0.1, -0.05) is 36.4 Å². The summed E-state index contributed by atoms with van der Waals surface area (Å²) in [5, 5.41) is 7.39. The van der Waals surface area contributed by atoms with Crippen LogP contribution in [0.2, 0.25) is 0 Å². The lowest BCUT2D eigenvalue weighted by Crippen LogP contribution is -2.24. The first kappa shape index (κ1) is 16.4. The van der Waals surface area contributed by atoms with Gasteiger partial charge in [0.1, 0.15) is 5.75 Å². The van der Waals surface area contributed by atoms with E-state index in [-0.39, 0.29) is 17.7 Å². The van der Waals surface area contributed by atoms with Crippen molar-refractivity contribution in [3.05, 3.63) is 78.1 Å². The lowest BCUT2D eigenvalue weighted by Gasteiger charge is -2.08. The summed E-state index contributed by atoms with van der Waals surface area (Å²) in [6.45, 7) is 0.487. The Balaban J connectivity index is 1.35. The molecule has 1 heterocycles. The van der Waals surface area contributed by atoms with Crippen LogP contribution in [0.1, 0.15) is 23.5 Å². The summed E-state index contributed by atoms with van der Waals surface area (Å²) in [5.74, 6) is 1.22. The van der Waals surface area contributed by atoms with Gasteiger partial charge >= 0.3 is 0 Å². The van der Waals surface area contributed by atoms with E-state index in [0.29, 0.717) is 6.54 Å². The van der Waals surface area contributed by atoms with E-state index in [9.17, 15) is 4.79 Å². The number of para-hydroxylation sites is 2. The highest BCUT2D eigenvalue weighted by Gasteiger charge is 2.45. The zero-order chi connectivity index (χ0) is 17.9. The molecule has 0 spiro atoms. The smallest absolute Gasteiger partial charge is 0.224 e. The number of carbonyl (C=O) groups is 1. The molecule has 5 nitrogen and oxygen atoms in total. The zero-order valence-corrected chi connectivity index (χ0v) is 14.6. The number of rotatable bonds is 6. The minimum absolute atomic E-state index is 0.0236. The molecule has 5 heteroatoms. The summed E-state index contributed by atoms with van der Waals surface area (Å²) in [6, 6.07) is 17.8. The van der Waals surface area contributed by atoms with Crippen molar-refractivity contribution in [3.8, 4) is 11.4 Å². The van der Waals surface area contributed by atoms with Crippen LogP contribution in [0.5, 0.6) is 5.75 Å². The Bertz CT molecular complexity index is 904. The van der Waals surface area contributed by atoms with Gasteiger partial charge in [0.15, 0.2) is 0 Å². The highest BCUT2D eigenvalue weighted by molar-refractivity contribution is 5.83. The topological polar surface area (TPSA) is 56.1 Å². The molecule has 132 valence electrons. The molecule has 0 unspecified atom stereocenters. The fourth-order valence-electron chi connectivity index (χ4n) is 3.29. The molecule has 1 N–H and O–H groups in total. The summed E-state index contributed by atoms with van der Waals surface area (Å²) >= 11 is 0. The van der Waals surface area contributed by atoms with Gasteiger partial charge in [-0.2, -0.15) is 5.10 Å². The van der Waals surface area contributed by atoms with E-state index < -0.39 is 0 Å². The predicted molar refractivity (Wildman–Crippen MR) is 99.3 cm³/mol. The van der Waals surface area contributed by atoms with E-state index in [1.165, 1.54) is 0 Å². The fourth-order valence-corrected chi connectivity index (χ4v) is 3.29. The predicted octanol–water partition coefficient (Wildman–Crippen LogP) is 3.30. The number of hydrogen-bond acceptors (Lipinski definition) is 3. The van der Waals surface area contributed by atoms with Gasteiger partial charge in [0.2, 0.25) is 5.91 Å². The van der Waals surface area contributed by atoms with Crippen LogP contribution in [0.25, 0.3) is 5.69 Å². The molecule has 0 bridgehead atoms. The number of hydrogen-bond donors (Lipinski definition) is 1. The fraction of sp³-hybridized carbons (Fsp3) is 0.238. The van der Waals surface area contributed by atoms with Gasteiger partial charge in [-0.3, -0.25) is 4.79 Å². The van der Waals surface area contributed by atoms with Gasteiger partial charge in [0, 0.05) is 24.2 Å². The molecule has 2 aromatic carbocycles. The third-order valence-corrected chi connectivity index (χ3v) is 4.79. The molecule has 1 aliphatic carbocycles. The summed E-state index contributed by atoms with van der Waals surface area (Å²) in [5.41, 5.74) is 3.10. The third kappa shape index (κ3) is 3.33. The Morgan fingerprint density at radius 3 is 2.77 bits per heavy atom. The molecule has 1 aliphatic rings. The monoisotopic (exact) mass is 347 g/mol. The van der Waals surface area contributed by atoms with Crippen LogP contribution in [-0.2, 0) is 11.3 Å². The van der Waals surface area contributed by atoms with Crippen molar-refractivity contribution in [2.75, 3.05) is 7.11 Å². The Hall–Kier alpha value is -3.08. The van der Waals surface area contributed by atoms with Crippen molar-refractivity contribution in [1.82, 2.24) is 15.1 Å². The van der Waals surface area contributed by atoms with Crippen LogP contribution < -0.4 is 10.1 Å². The second-order valence-electron chi connectivity index (χ2n) is 6.54. The molecule has 4 rings (SSSR count). The maximum atomic E-state index is 12.5. The molecule has 1 aromatic heterocycles. The van der Waals surface area contributed by atoms with Gasteiger partial charge < -0.3 is 10.1 Å². The molecule has 1 fully saturated rings. The molecular weight excluding hydrogens is 326 g/mol. The maximum Gasteiger partial charge on any atom is 0.224 e. The van der Waals surface area contributed by atoms with Crippen molar-refractivity contribution in [1.29, 1.82) is 0 Å². The highest BCUT2D eigenvalue weighted by Crippen LogP contribution is 2.50. The molecule has 0 radical (unpaired) electrons. The van der Waals surface area contributed by atoms with Crippen LogP contribution in [0.15, 0.2) is 67.0 Å². The summed E-state index contributed by atoms with van der Waals surface area (Å²) in [4.78, 5) is 12.5. The van der Waals surface area contributed by atoms with E-state index in [4.69, 9.17) is 4.74 Å². The number of methoxy groups -OCH3 is 1. The van der Waals surface area contributed by atoms with Crippen molar-refractivity contribution < 1.29 is 9.53 Å². The van der Waals surface area contributed by atoms with E-state index >= 15 is 0 Å². The van der Waals surface area contributed by atoms with Crippen molar-refractivity contribution in [3.63, 3.8) is 0 Å². The van der Waals surface area contributed by atoms with E-state index in [2.05, 4.69) is 10.4 Å². The SMILES string of the molecule is COc1ccccc1[C@H]1C[C@@H]1C(=O)NCc1cnn(-c2ccccc2)c1. The molecule has 0 saturated heterocycles. The first-order valence-electron chi connectivity index (χ1n) is 8.76. The van der Waals surface area contributed by atoms with Gasteiger partial charge in [-0.25, -0.2) is 4.68 Å². The molecule has 26 heavy (non-hydrogen) atoms. The molecular formula is C21H21N3O2. The van der Waals surface area contributed by atoms with Gasteiger partial charge in [-0.15, -0.1) is 0 Å².